The van der Waals surface area contributed by atoms with E-state index in [-0.39, 0.29) is 6.07 Å². The van der Waals surface area contributed by atoms with Gasteiger partial charge in [0.25, 0.3) is 0 Å². The van der Waals surface area contributed by atoms with Gasteiger partial charge < -0.3 is 9.84 Å². The maximum atomic E-state index is 12.7. The van der Waals surface area contributed by atoms with Gasteiger partial charge in [0.2, 0.25) is 0 Å². The number of carbonyl (C=O) groups is 1. The topological polar surface area (TPSA) is 46.5 Å². The number of phenolic OH excluding ortho intramolecular Hbond substituents is 1. The molecule has 0 atom stereocenters. The van der Waals surface area contributed by atoms with Crippen LogP contribution in [0.15, 0.2) is 12.1 Å². The zero-order valence-electron chi connectivity index (χ0n) is 9.19. The third-order valence-electron chi connectivity index (χ3n) is 2.16. The Morgan fingerprint density at radius 2 is 1.63 bits per heavy atom. The number of ether oxygens (including phenoxy) is 1. The van der Waals surface area contributed by atoms with Crippen LogP contribution in [-0.2, 0) is 17.1 Å². The van der Waals surface area contributed by atoms with Gasteiger partial charge in [-0.15, -0.1) is 0 Å². The van der Waals surface area contributed by atoms with E-state index in [1.54, 1.807) is 0 Å². The number of methoxy groups -OCH3 is 1. The molecule has 0 aliphatic rings. The molecular weight excluding hydrogens is 282 g/mol. The third-order valence-corrected chi connectivity index (χ3v) is 2.16. The van der Waals surface area contributed by atoms with Crippen molar-refractivity contribution < 1.29 is 41.0 Å². The van der Waals surface area contributed by atoms with E-state index in [1.807, 2.05) is 0 Å². The molecule has 19 heavy (non-hydrogen) atoms. The van der Waals surface area contributed by atoms with E-state index in [4.69, 9.17) is 0 Å². The molecule has 0 bridgehead atoms. The highest BCUT2D eigenvalue weighted by molar-refractivity contribution is 5.94. The van der Waals surface area contributed by atoms with Crippen LogP contribution >= 0.6 is 0 Å². The second-order valence-corrected chi connectivity index (χ2v) is 3.37. The van der Waals surface area contributed by atoms with Crippen molar-refractivity contribution in [3.63, 3.8) is 0 Å². The summed E-state index contributed by atoms with van der Waals surface area (Å²) in [6.45, 7) is 0. The monoisotopic (exact) mass is 288 g/mol. The van der Waals surface area contributed by atoms with Crippen LogP contribution in [0.1, 0.15) is 21.5 Å². The van der Waals surface area contributed by atoms with Crippen LogP contribution in [0.2, 0.25) is 0 Å². The number of hydrogen-bond donors (Lipinski definition) is 1. The molecule has 0 radical (unpaired) electrons. The molecule has 0 aliphatic heterocycles. The molecule has 0 fully saturated rings. The molecule has 1 rings (SSSR count). The van der Waals surface area contributed by atoms with Gasteiger partial charge in [-0.05, 0) is 12.1 Å². The van der Waals surface area contributed by atoms with Gasteiger partial charge in [-0.1, -0.05) is 0 Å². The third kappa shape index (κ3) is 2.91. The summed E-state index contributed by atoms with van der Waals surface area (Å²) >= 11 is 0. The minimum atomic E-state index is -5.48. The van der Waals surface area contributed by atoms with Crippen molar-refractivity contribution in [2.75, 3.05) is 7.11 Å². The van der Waals surface area contributed by atoms with E-state index < -0.39 is 40.8 Å². The summed E-state index contributed by atoms with van der Waals surface area (Å²) in [5.74, 6) is -2.96. The normalized spacial score (nSPS) is 12.4. The van der Waals surface area contributed by atoms with Crippen molar-refractivity contribution >= 4 is 5.97 Å². The fourth-order valence-corrected chi connectivity index (χ4v) is 1.43. The number of aromatic hydroxyl groups is 1. The van der Waals surface area contributed by atoms with Gasteiger partial charge in [-0.25, -0.2) is 4.79 Å². The lowest BCUT2D eigenvalue weighted by Crippen LogP contribution is -2.21. The Morgan fingerprint density at radius 1 is 1.11 bits per heavy atom. The van der Waals surface area contributed by atoms with Gasteiger partial charge in [-0.2, -0.15) is 26.3 Å². The Hall–Kier alpha value is -1.93. The summed E-state index contributed by atoms with van der Waals surface area (Å²) in [6, 6.07) is 0.398. The second-order valence-electron chi connectivity index (χ2n) is 3.37. The molecule has 1 N–H and O–H groups in total. The Balaban J connectivity index is 3.76. The number of hydrogen-bond acceptors (Lipinski definition) is 3. The number of rotatable bonds is 1. The second kappa shape index (κ2) is 4.63. The highest BCUT2D eigenvalue weighted by Gasteiger charge is 2.47. The fourth-order valence-electron chi connectivity index (χ4n) is 1.43. The first-order chi connectivity index (χ1) is 8.50. The Morgan fingerprint density at radius 3 is 2.00 bits per heavy atom. The Labute approximate surface area is 102 Å². The van der Waals surface area contributed by atoms with Crippen molar-refractivity contribution in [2.45, 2.75) is 12.4 Å². The fraction of sp³-hybridized carbons (Fsp3) is 0.300. The van der Waals surface area contributed by atoms with E-state index in [9.17, 15) is 36.2 Å². The number of esters is 1. The molecule has 0 aliphatic carbocycles. The van der Waals surface area contributed by atoms with Gasteiger partial charge in [0, 0.05) is 0 Å². The standard InChI is InChI=1S/C10H6F6O3/c1-19-8(18)6-5(17)3-2-4(9(11,12)13)7(6)10(14,15)16/h2-3,17H,1H3. The molecule has 9 heteroatoms. The first kappa shape index (κ1) is 15.1. The highest BCUT2D eigenvalue weighted by Crippen LogP contribution is 2.44. The van der Waals surface area contributed by atoms with E-state index in [2.05, 4.69) is 4.74 Å². The summed E-state index contributed by atoms with van der Waals surface area (Å²) in [6.07, 6.45) is -10.8. The van der Waals surface area contributed by atoms with E-state index >= 15 is 0 Å². The molecule has 1 aromatic carbocycles. The van der Waals surface area contributed by atoms with E-state index in [0.717, 1.165) is 0 Å². The van der Waals surface area contributed by atoms with Crippen molar-refractivity contribution in [3.05, 3.63) is 28.8 Å². The van der Waals surface area contributed by atoms with Gasteiger partial charge in [0.05, 0.1) is 18.2 Å². The molecule has 1 aromatic rings. The van der Waals surface area contributed by atoms with Gasteiger partial charge >= 0.3 is 18.3 Å². The molecule has 0 heterocycles. The van der Waals surface area contributed by atoms with Crippen LogP contribution in [0.4, 0.5) is 26.3 Å². The maximum absolute atomic E-state index is 12.7. The van der Waals surface area contributed by atoms with Crippen molar-refractivity contribution in [3.8, 4) is 5.75 Å². The van der Waals surface area contributed by atoms with E-state index in [0.29, 0.717) is 13.2 Å². The molecule has 3 nitrogen and oxygen atoms in total. The molecule has 0 unspecified atom stereocenters. The predicted molar refractivity (Wildman–Crippen MR) is 49.5 cm³/mol. The quantitative estimate of drug-likeness (QED) is 0.637. The molecule has 0 saturated heterocycles. The first-order valence-corrected chi connectivity index (χ1v) is 4.58. The first-order valence-electron chi connectivity index (χ1n) is 4.58. The van der Waals surface area contributed by atoms with Crippen LogP contribution < -0.4 is 0 Å². The molecular formula is C10H6F6O3. The van der Waals surface area contributed by atoms with Crippen molar-refractivity contribution in [1.29, 1.82) is 0 Å². The van der Waals surface area contributed by atoms with Crippen LogP contribution in [0.5, 0.6) is 5.75 Å². The largest absolute Gasteiger partial charge is 0.507 e. The SMILES string of the molecule is COC(=O)c1c(O)ccc(C(F)(F)F)c1C(F)(F)F. The molecule has 0 aromatic heterocycles. The lowest BCUT2D eigenvalue weighted by Gasteiger charge is -2.18. The number of benzene rings is 1. The van der Waals surface area contributed by atoms with Crippen molar-refractivity contribution in [1.82, 2.24) is 0 Å². The summed E-state index contributed by atoms with van der Waals surface area (Å²) < 4.78 is 79.6. The van der Waals surface area contributed by atoms with Crippen molar-refractivity contribution in [2.24, 2.45) is 0 Å². The minimum absolute atomic E-state index is 0.0462. The van der Waals surface area contributed by atoms with E-state index in [1.165, 1.54) is 0 Å². The number of phenols is 1. The summed E-state index contributed by atoms with van der Waals surface area (Å²) in [5, 5.41) is 9.18. The Kier molecular flexibility index (Phi) is 3.69. The molecule has 0 spiro atoms. The molecule has 0 amide bonds. The van der Waals surface area contributed by atoms with Crippen LogP contribution in [0.3, 0.4) is 0 Å². The summed E-state index contributed by atoms with van der Waals surface area (Å²) in [5.41, 5.74) is -5.91. The lowest BCUT2D eigenvalue weighted by molar-refractivity contribution is -0.162. The van der Waals surface area contributed by atoms with Gasteiger partial charge in [-0.3, -0.25) is 0 Å². The maximum Gasteiger partial charge on any atom is 0.417 e. The average Bonchev–Trinajstić information content (AvgIpc) is 2.24. The van der Waals surface area contributed by atoms with Gasteiger partial charge in [0.1, 0.15) is 11.3 Å². The number of carbonyl (C=O) groups excluding carboxylic acids is 1. The zero-order chi connectivity index (χ0) is 15.0. The summed E-state index contributed by atoms with van der Waals surface area (Å²) in [4.78, 5) is 11.1. The minimum Gasteiger partial charge on any atom is -0.507 e. The Bertz CT molecular complexity index is 503. The predicted octanol–water partition coefficient (Wildman–Crippen LogP) is 3.22. The summed E-state index contributed by atoms with van der Waals surface area (Å²) in [7, 11) is 0.683. The number of halogens is 6. The smallest absolute Gasteiger partial charge is 0.417 e. The lowest BCUT2D eigenvalue weighted by atomic mass is 9.99. The zero-order valence-corrected chi connectivity index (χ0v) is 9.19. The number of alkyl halides is 6. The molecule has 0 saturated carbocycles. The molecule has 106 valence electrons. The van der Waals surface area contributed by atoms with Crippen LogP contribution in [0.25, 0.3) is 0 Å². The average molecular weight is 288 g/mol. The van der Waals surface area contributed by atoms with Crippen LogP contribution in [0, 0.1) is 0 Å². The highest BCUT2D eigenvalue weighted by atomic mass is 19.4. The van der Waals surface area contributed by atoms with Crippen LogP contribution in [-0.4, -0.2) is 18.2 Å². The van der Waals surface area contributed by atoms with Gasteiger partial charge in [0.15, 0.2) is 0 Å².